The highest BCUT2D eigenvalue weighted by atomic mass is 19.1. The Morgan fingerprint density at radius 1 is 1.17 bits per heavy atom. The minimum atomic E-state index is -0.561. The number of nitrogens with zero attached hydrogens (tertiary/aromatic N) is 1. The highest BCUT2D eigenvalue weighted by molar-refractivity contribution is 5.91. The van der Waals surface area contributed by atoms with Crippen molar-refractivity contribution in [2.24, 2.45) is 0 Å². The molecule has 2 aromatic carbocycles. The zero-order valence-electron chi connectivity index (χ0n) is 16.8. The lowest BCUT2D eigenvalue weighted by molar-refractivity contribution is -0.895. The van der Waals surface area contributed by atoms with E-state index < -0.39 is 6.10 Å². The molecule has 0 saturated carbocycles. The molecule has 1 saturated heterocycles. The summed E-state index contributed by atoms with van der Waals surface area (Å²) in [5.74, 6) is 0.0877. The Kier molecular flexibility index (Phi) is 6.82. The van der Waals surface area contributed by atoms with Gasteiger partial charge in [0.05, 0.1) is 26.2 Å². The number of benzene rings is 2. The molecule has 0 radical (unpaired) electrons. The van der Waals surface area contributed by atoms with Gasteiger partial charge in [-0.2, -0.15) is 0 Å². The quantitative estimate of drug-likeness (QED) is 0.768. The van der Waals surface area contributed by atoms with Crippen LogP contribution in [0.2, 0.25) is 0 Å². The molecule has 0 bridgehead atoms. The normalized spacial score (nSPS) is 15.6. The number of halogens is 1. The lowest BCUT2D eigenvalue weighted by atomic mass is 10.2. The van der Waals surface area contributed by atoms with Crippen molar-refractivity contribution in [3.63, 3.8) is 0 Å². The van der Waals surface area contributed by atoms with E-state index in [2.05, 4.69) is 5.32 Å². The molecule has 1 fully saturated rings. The molecule has 3 rings (SSSR count). The van der Waals surface area contributed by atoms with Gasteiger partial charge in [-0.05, 0) is 49.7 Å². The molecule has 2 N–H and O–H groups in total. The smallest absolute Gasteiger partial charge is 0.279 e. The van der Waals surface area contributed by atoms with Crippen LogP contribution in [0.4, 0.5) is 10.1 Å². The Hall–Kier alpha value is -2.93. The van der Waals surface area contributed by atoms with Crippen LogP contribution in [-0.2, 0) is 9.59 Å². The number of amides is 2. The molecule has 2 amide bonds. The molecule has 0 unspecified atom stereocenters. The van der Waals surface area contributed by atoms with Crippen LogP contribution in [0.15, 0.2) is 48.5 Å². The molecular formula is C22H27FN3O3+. The first-order chi connectivity index (χ1) is 13.9. The van der Waals surface area contributed by atoms with E-state index in [9.17, 15) is 14.0 Å². The SMILES string of the molecule is Cc1cccc(O[C@H](C)C(=O)N2CC[NH+](CC(=O)Nc3cccc(F)c3)CC2)c1. The average molecular weight is 400 g/mol. The fourth-order valence-corrected chi connectivity index (χ4v) is 3.42. The maximum absolute atomic E-state index is 13.2. The van der Waals surface area contributed by atoms with Crippen LogP contribution in [0.5, 0.6) is 5.75 Å². The molecule has 1 atom stereocenters. The van der Waals surface area contributed by atoms with Gasteiger partial charge in [-0.15, -0.1) is 0 Å². The second-order valence-corrected chi connectivity index (χ2v) is 7.39. The number of ether oxygens (including phenoxy) is 1. The third-order valence-corrected chi connectivity index (χ3v) is 4.95. The Bertz CT molecular complexity index is 866. The summed E-state index contributed by atoms with van der Waals surface area (Å²) < 4.78 is 19.0. The fraction of sp³-hybridized carbons (Fsp3) is 0.364. The number of anilines is 1. The number of carbonyl (C=O) groups is 2. The molecule has 7 heteroatoms. The van der Waals surface area contributed by atoms with Gasteiger partial charge in [0.2, 0.25) is 0 Å². The van der Waals surface area contributed by atoms with Crippen molar-refractivity contribution in [1.29, 1.82) is 0 Å². The summed E-state index contributed by atoms with van der Waals surface area (Å²) in [6, 6.07) is 13.5. The van der Waals surface area contributed by atoms with Crippen LogP contribution >= 0.6 is 0 Å². The molecule has 1 aliphatic rings. The summed E-state index contributed by atoms with van der Waals surface area (Å²) in [7, 11) is 0. The van der Waals surface area contributed by atoms with Gasteiger partial charge in [-0.3, -0.25) is 9.59 Å². The standard InChI is InChI=1S/C22H26FN3O3/c1-16-5-3-8-20(13-16)29-17(2)22(28)26-11-9-25(10-12-26)15-21(27)24-19-7-4-6-18(23)14-19/h3-8,13-14,17H,9-12,15H2,1-2H3,(H,24,27)/p+1/t17-/m1/s1. The minimum absolute atomic E-state index is 0.0465. The largest absolute Gasteiger partial charge is 0.481 e. The summed E-state index contributed by atoms with van der Waals surface area (Å²) in [6.45, 7) is 6.53. The summed E-state index contributed by atoms with van der Waals surface area (Å²) in [5.41, 5.74) is 1.53. The number of carbonyl (C=O) groups excluding carboxylic acids is 2. The maximum Gasteiger partial charge on any atom is 0.279 e. The second kappa shape index (κ2) is 9.52. The number of piperazine rings is 1. The van der Waals surface area contributed by atoms with E-state index in [1.165, 1.54) is 12.1 Å². The lowest BCUT2D eigenvalue weighted by Crippen LogP contribution is -3.15. The fourth-order valence-electron chi connectivity index (χ4n) is 3.42. The summed E-state index contributed by atoms with van der Waals surface area (Å²) in [5, 5.41) is 2.71. The molecule has 29 heavy (non-hydrogen) atoms. The molecule has 6 nitrogen and oxygen atoms in total. The third kappa shape index (κ3) is 6.02. The first kappa shape index (κ1) is 20.8. The maximum atomic E-state index is 13.2. The molecular weight excluding hydrogens is 373 g/mol. The predicted molar refractivity (Wildman–Crippen MR) is 108 cm³/mol. The average Bonchev–Trinajstić information content (AvgIpc) is 2.68. The number of nitrogens with one attached hydrogen (secondary N) is 2. The van der Waals surface area contributed by atoms with Crippen molar-refractivity contribution >= 4 is 17.5 Å². The van der Waals surface area contributed by atoms with Crippen LogP contribution in [0.3, 0.4) is 0 Å². The van der Waals surface area contributed by atoms with Crippen LogP contribution < -0.4 is 15.0 Å². The van der Waals surface area contributed by atoms with Crippen LogP contribution in [-0.4, -0.2) is 55.5 Å². The van der Waals surface area contributed by atoms with Crippen LogP contribution in [0.1, 0.15) is 12.5 Å². The van der Waals surface area contributed by atoms with Crippen LogP contribution in [0.25, 0.3) is 0 Å². The van der Waals surface area contributed by atoms with E-state index in [1.807, 2.05) is 31.2 Å². The minimum Gasteiger partial charge on any atom is -0.481 e. The van der Waals surface area contributed by atoms with E-state index in [1.54, 1.807) is 24.0 Å². The van der Waals surface area contributed by atoms with E-state index in [-0.39, 0.29) is 24.2 Å². The number of aryl methyl sites for hydroxylation is 1. The zero-order chi connectivity index (χ0) is 20.8. The molecule has 2 aromatic rings. The molecule has 154 valence electrons. The van der Waals surface area contributed by atoms with Crippen molar-refractivity contribution in [3.8, 4) is 5.75 Å². The first-order valence-electron chi connectivity index (χ1n) is 9.82. The van der Waals surface area contributed by atoms with Crippen molar-refractivity contribution in [1.82, 2.24) is 4.90 Å². The van der Waals surface area contributed by atoms with Crippen molar-refractivity contribution in [3.05, 3.63) is 59.9 Å². The van der Waals surface area contributed by atoms with Gasteiger partial charge < -0.3 is 19.9 Å². The summed E-state index contributed by atoms with van der Waals surface area (Å²) in [4.78, 5) is 27.7. The molecule has 0 spiro atoms. The third-order valence-electron chi connectivity index (χ3n) is 4.95. The monoisotopic (exact) mass is 400 g/mol. The Labute approximate surface area is 170 Å². The molecule has 0 aliphatic carbocycles. The van der Waals surface area contributed by atoms with Crippen LogP contribution in [0, 0.1) is 12.7 Å². The highest BCUT2D eigenvalue weighted by Crippen LogP contribution is 2.15. The summed E-state index contributed by atoms with van der Waals surface area (Å²) in [6.07, 6.45) is -0.561. The second-order valence-electron chi connectivity index (χ2n) is 7.39. The number of quaternary nitrogens is 1. The number of rotatable bonds is 6. The van der Waals surface area contributed by atoms with Crippen molar-refractivity contribution in [2.45, 2.75) is 20.0 Å². The first-order valence-corrected chi connectivity index (χ1v) is 9.82. The topological polar surface area (TPSA) is 63.1 Å². The van der Waals surface area contributed by atoms with Gasteiger partial charge in [-0.25, -0.2) is 4.39 Å². The van der Waals surface area contributed by atoms with Gasteiger partial charge in [0.25, 0.3) is 11.8 Å². The van der Waals surface area contributed by atoms with E-state index >= 15 is 0 Å². The van der Waals surface area contributed by atoms with E-state index in [0.29, 0.717) is 37.6 Å². The van der Waals surface area contributed by atoms with Crippen molar-refractivity contribution in [2.75, 3.05) is 38.0 Å². The number of hydrogen-bond acceptors (Lipinski definition) is 3. The molecule has 1 aliphatic heterocycles. The Morgan fingerprint density at radius 3 is 2.59 bits per heavy atom. The van der Waals surface area contributed by atoms with Gasteiger partial charge in [-0.1, -0.05) is 18.2 Å². The molecule has 1 heterocycles. The van der Waals surface area contributed by atoms with Gasteiger partial charge in [0.1, 0.15) is 11.6 Å². The molecule has 0 aromatic heterocycles. The Morgan fingerprint density at radius 2 is 1.90 bits per heavy atom. The lowest BCUT2D eigenvalue weighted by Gasteiger charge is -2.33. The van der Waals surface area contributed by atoms with Crippen molar-refractivity contribution < 1.29 is 23.6 Å². The van der Waals surface area contributed by atoms with E-state index in [0.717, 1.165) is 10.5 Å². The number of hydrogen-bond donors (Lipinski definition) is 2. The van der Waals surface area contributed by atoms with E-state index in [4.69, 9.17) is 4.74 Å². The highest BCUT2D eigenvalue weighted by Gasteiger charge is 2.28. The summed E-state index contributed by atoms with van der Waals surface area (Å²) >= 11 is 0. The van der Waals surface area contributed by atoms with Gasteiger partial charge >= 0.3 is 0 Å². The van der Waals surface area contributed by atoms with Gasteiger partial charge in [0, 0.05) is 5.69 Å². The van der Waals surface area contributed by atoms with Gasteiger partial charge in [0.15, 0.2) is 12.6 Å². The predicted octanol–water partition coefficient (Wildman–Crippen LogP) is 1.27. The zero-order valence-corrected chi connectivity index (χ0v) is 16.8. The Balaban J connectivity index is 1.44.